The van der Waals surface area contributed by atoms with E-state index in [1.54, 1.807) is 0 Å². The molecular weight excluding hydrogens is 262 g/mol. The van der Waals surface area contributed by atoms with E-state index >= 15 is 0 Å². The molecular formula is C16H21N5. The molecule has 0 saturated carbocycles. The molecule has 0 fully saturated rings. The Balaban J connectivity index is 1.59. The largest absolute Gasteiger partial charge is 0.367 e. The predicted octanol–water partition coefficient (Wildman–Crippen LogP) is 2.36. The Hall–Kier alpha value is -1.91. The summed E-state index contributed by atoms with van der Waals surface area (Å²) in [5, 5.41) is 10.9. The second-order valence-electron chi connectivity index (χ2n) is 6.21. The van der Waals surface area contributed by atoms with Crippen LogP contribution in [0.25, 0.3) is 0 Å². The first-order valence-corrected chi connectivity index (χ1v) is 7.93. The highest BCUT2D eigenvalue weighted by molar-refractivity contribution is 5.49. The van der Waals surface area contributed by atoms with Gasteiger partial charge in [-0.3, -0.25) is 5.10 Å². The van der Waals surface area contributed by atoms with Crippen molar-refractivity contribution in [1.82, 2.24) is 20.2 Å². The van der Waals surface area contributed by atoms with Crippen molar-refractivity contribution in [2.24, 2.45) is 0 Å². The van der Waals surface area contributed by atoms with E-state index < -0.39 is 0 Å². The molecule has 0 spiro atoms. The van der Waals surface area contributed by atoms with Gasteiger partial charge in [-0.05, 0) is 57.4 Å². The van der Waals surface area contributed by atoms with E-state index in [4.69, 9.17) is 0 Å². The van der Waals surface area contributed by atoms with Gasteiger partial charge in [-0.1, -0.05) is 0 Å². The summed E-state index contributed by atoms with van der Waals surface area (Å²) in [7, 11) is 0. The van der Waals surface area contributed by atoms with Crippen LogP contribution in [0.3, 0.4) is 0 Å². The molecule has 2 N–H and O–H groups in total. The molecule has 0 amide bonds. The summed E-state index contributed by atoms with van der Waals surface area (Å²) in [5.74, 6) is 1.96. The van der Waals surface area contributed by atoms with Crippen molar-refractivity contribution in [3.8, 4) is 0 Å². The zero-order valence-corrected chi connectivity index (χ0v) is 12.4. The summed E-state index contributed by atoms with van der Waals surface area (Å²) in [6.45, 7) is 2.00. The van der Waals surface area contributed by atoms with Crippen molar-refractivity contribution in [3.05, 3.63) is 34.5 Å². The van der Waals surface area contributed by atoms with Crippen LogP contribution in [0.15, 0.2) is 6.20 Å². The average Bonchev–Trinajstić information content (AvgIpc) is 2.94. The van der Waals surface area contributed by atoms with Gasteiger partial charge in [0.15, 0.2) is 0 Å². The van der Waals surface area contributed by atoms with Gasteiger partial charge in [0.25, 0.3) is 0 Å². The first-order valence-electron chi connectivity index (χ1n) is 7.93. The molecule has 0 radical (unpaired) electrons. The minimum absolute atomic E-state index is 0.454. The molecule has 2 aliphatic carbocycles. The highest BCUT2D eigenvalue weighted by atomic mass is 15.1. The van der Waals surface area contributed by atoms with Crippen LogP contribution < -0.4 is 5.32 Å². The first-order chi connectivity index (χ1) is 10.3. The van der Waals surface area contributed by atoms with Crippen LogP contribution in [0, 0.1) is 6.92 Å². The summed E-state index contributed by atoms with van der Waals surface area (Å²) < 4.78 is 0. The molecule has 1 atom stereocenters. The van der Waals surface area contributed by atoms with E-state index in [2.05, 4.69) is 25.5 Å². The maximum absolute atomic E-state index is 4.68. The quantitative estimate of drug-likeness (QED) is 0.888. The number of nitrogens with one attached hydrogen (secondary N) is 2. The molecule has 1 unspecified atom stereocenters. The number of nitrogens with zero attached hydrogens (tertiary/aromatic N) is 3. The van der Waals surface area contributed by atoms with Crippen molar-refractivity contribution in [1.29, 1.82) is 0 Å². The van der Waals surface area contributed by atoms with Crippen LogP contribution in [0.5, 0.6) is 0 Å². The number of fused-ring (bicyclic) bond motifs is 2. The van der Waals surface area contributed by atoms with Crippen LogP contribution in [0.2, 0.25) is 0 Å². The predicted molar refractivity (Wildman–Crippen MR) is 81.4 cm³/mol. The monoisotopic (exact) mass is 283 g/mol. The number of H-pyrrole nitrogens is 1. The van der Waals surface area contributed by atoms with E-state index in [0.717, 1.165) is 43.7 Å². The molecule has 0 aliphatic heterocycles. The number of aryl methyl sites for hydroxylation is 3. The minimum Gasteiger partial charge on any atom is -0.367 e. The molecule has 0 bridgehead atoms. The van der Waals surface area contributed by atoms with Crippen LogP contribution in [0.4, 0.5) is 5.82 Å². The molecule has 2 aliphatic rings. The van der Waals surface area contributed by atoms with Crippen LogP contribution in [-0.4, -0.2) is 26.2 Å². The van der Waals surface area contributed by atoms with E-state index in [-0.39, 0.29) is 0 Å². The highest BCUT2D eigenvalue weighted by Crippen LogP contribution is 2.28. The maximum Gasteiger partial charge on any atom is 0.133 e. The smallest absolute Gasteiger partial charge is 0.133 e. The van der Waals surface area contributed by atoms with Gasteiger partial charge in [0.2, 0.25) is 0 Å². The molecule has 2 aromatic heterocycles. The highest BCUT2D eigenvalue weighted by Gasteiger charge is 2.23. The lowest BCUT2D eigenvalue weighted by atomic mass is 9.92. The normalized spacial score (nSPS) is 20.7. The maximum atomic E-state index is 4.68. The van der Waals surface area contributed by atoms with E-state index in [1.807, 2.05) is 13.1 Å². The zero-order chi connectivity index (χ0) is 14.2. The molecule has 0 aromatic carbocycles. The Bertz CT molecular complexity index is 661. The van der Waals surface area contributed by atoms with Crippen LogP contribution in [-0.2, 0) is 25.7 Å². The van der Waals surface area contributed by atoms with E-state index in [1.165, 1.54) is 35.4 Å². The summed E-state index contributed by atoms with van der Waals surface area (Å²) in [6.07, 6.45) is 9.92. The standard InChI is InChI=1S/C16H21N5/c1-10-18-15-5-3-2-4-13(15)16(19-10)20-12-6-7-14-11(8-12)9-17-21-14/h9,12H,2-8H2,1H3,(H,17,21)(H,18,19,20). The van der Waals surface area contributed by atoms with Gasteiger partial charge in [0.1, 0.15) is 11.6 Å². The van der Waals surface area contributed by atoms with Gasteiger partial charge < -0.3 is 5.32 Å². The Morgan fingerprint density at radius 3 is 3.05 bits per heavy atom. The Morgan fingerprint density at radius 1 is 1.19 bits per heavy atom. The van der Waals surface area contributed by atoms with Gasteiger partial charge >= 0.3 is 0 Å². The van der Waals surface area contributed by atoms with Crippen molar-refractivity contribution >= 4 is 5.82 Å². The number of aromatic amines is 1. The van der Waals surface area contributed by atoms with Crippen molar-refractivity contribution in [2.75, 3.05) is 5.32 Å². The molecule has 21 heavy (non-hydrogen) atoms. The molecule has 5 heteroatoms. The van der Waals surface area contributed by atoms with Gasteiger partial charge in [0.05, 0.1) is 6.20 Å². The fourth-order valence-electron chi connectivity index (χ4n) is 3.57. The molecule has 110 valence electrons. The van der Waals surface area contributed by atoms with Gasteiger partial charge in [-0.25, -0.2) is 9.97 Å². The van der Waals surface area contributed by atoms with Crippen molar-refractivity contribution in [3.63, 3.8) is 0 Å². The third-order valence-electron chi connectivity index (χ3n) is 4.65. The third kappa shape index (κ3) is 2.41. The fraction of sp³-hybridized carbons (Fsp3) is 0.562. The van der Waals surface area contributed by atoms with Gasteiger partial charge in [-0.2, -0.15) is 5.10 Å². The number of rotatable bonds is 2. The molecule has 2 aromatic rings. The van der Waals surface area contributed by atoms with Crippen LogP contribution in [0.1, 0.15) is 47.6 Å². The number of aromatic nitrogens is 4. The summed E-state index contributed by atoms with van der Waals surface area (Å²) in [4.78, 5) is 9.31. The Labute approximate surface area is 124 Å². The lowest BCUT2D eigenvalue weighted by Crippen LogP contribution is -2.28. The summed E-state index contributed by atoms with van der Waals surface area (Å²) in [6, 6.07) is 0.454. The fourth-order valence-corrected chi connectivity index (χ4v) is 3.57. The van der Waals surface area contributed by atoms with Gasteiger partial charge in [-0.15, -0.1) is 0 Å². The molecule has 0 saturated heterocycles. The average molecular weight is 283 g/mol. The lowest BCUT2D eigenvalue weighted by molar-refractivity contribution is 0.596. The second-order valence-corrected chi connectivity index (χ2v) is 6.21. The minimum atomic E-state index is 0.454. The SMILES string of the molecule is Cc1nc2c(c(NC3CCc4[nH]ncc4C3)n1)CCCC2. The van der Waals surface area contributed by atoms with Gasteiger partial charge in [0, 0.05) is 23.0 Å². The Morgan fingerprint density at radius 2 is 2.10 bits per heavy atom. The number of hydrogen-bond acceptors (Lipinski definition) is 4. The van der Waals surface area contributed by atoms with Crippen molar-refractivity contribution in [2.45, 2.75) is 57.9 Å². The molecule has 5 nitrogen and oxygen atoms in total. The molecule has 4 rings (SSSR count). The lowest BCUT2D eigenvalue weighted by Gasteiger charge is -2.26. The van der Waals surface area contributed by atoms with E-state index in [9.17, 15) is 0 Å². The third-order valence-corrected chi connectivity index (χ3v) is 4.65. The summed E-state index contributed by atoms with van der Waals surface area (Å²) in [5.41, 5.74) is 5.26. The topological polar surface area (TPSA) is 66.5 Å². The van der Waals surface area contributed by atoms with Crippen molar-refractivity contribution < 1.29 is 0 Å². The van der Waals surface area contributed by atoms with E-state index in [0.29, 0.717) is 6.04 Å². The number of hydrogen-bond donors (Lipinski definition) is 2. The number of anilines is 1. The first kappa shape index (κ1) is 12.8. The molecule has 2 heterocycles. The summed E-state index contributed by atoms with van der Waals surface area (Å²) >= 11 is 0. The second kappa shape index (κ2) is 5.13. The van der Waals surface area contributed by atoms with Crippen LogP contribution >= 0.6 is 0 Å². The Kier molecular flexibility index (Phi) is 3.13. The zero-order valence-electron chi connectivity index (χ0n) is 12.4.